The van der Waals surface area contributed by atoms with Gasteiger partial charge < -0.3 is 14.6 Å². The van der Waals surface area contributed by atoms with Gasteiger partial charge in [-0.15, -0.1) is 6.58 Å². The van der Waals surface area contributed by atoms with Crippen LogP contribution < -0.4 is 4.72 Å². The Morgan fingerprint density at radius 1 is 1.12 bits per heavy atom. The standard InChI is InChI=1S/C25H34N2O6S/c1-5-22(17-28)27(24(29)33-25(2,3)4)16-21(19-32-18-20-12-8-6-9-13-20)26-34(30,31)23-14-10-7-11-15-23/h5-15,21-22,26,28H,1,16-19H2,2-4H3/t21-,22-/m1/s1. The Hall–Kier alpha value is -2.72. The van der Waals surface area contributed by atoms with Gasteiger partial charge >= 0.3 is 6.09 Å². The number of hydrogen-bond acceptors (Lipinski definition) is 6. The number of nitrogens with zero attached hydrogens (tertiary/aromatic N) is 1. The third-order valence-electron chi connectivity index (χ3n) is 4.71. The number of sulfonamides is 1. The fourth-order valence-corrected chi connectivity index (χ4v) is 4.34. The van der Waals surface area contributed by atoms with E-state index in [1.54, 1.807) is 39.0 Å². The van der Waals surface area contributed by atoms with E-state index < -0.39 is 40.4 Å². The number of ether oxygens (including phenoxy) is 2. The van der Waals surface area contributed by atoms with Gasteiger partial charge in [0.2, 0.25) is 10.0 Å². The number of aliphatic hydroxyl groups excluding tert-OH is 1. The molecule has 0 aromatic heterocycles. The highest BCUT2D eigenvalue weighted by Gasteiger charge is 2.31. The van der Waals surface area contributed by atoms with Crippen LogP contribution in [0.15, 0.2) is 78.2 Å². The van der Waals surface area contributed by atoms with Gasteiger partial charge in [-0.1, -0.05) is 54.6 Å². The normalized spacial score (nSPS) is 13.6. The van der Waals surface area contributed by atoms with Gasteiger partial charge in [-0.25, -0.2) is 17.9 Å². The van der Waals surface area contributed by atoms with E-state index in [1.165, 1.54) is 23.1 Å². The van der Waals surface area contributed by atoms with Gasteiger partial charge in [-0.3, -0.25) is 4.90 Å². The Labute approximate surface area is 202 Å². The third kappa shape index (κ3) is 8.90. The van der Waals surface area contributed by atoms with Crippen molar-refractivity contribution in [1.82, 2.24) is 9.62 Å². The summed E-state index contributed by atoms with van der Waals surface area (Å²) in [5.41, 5.74) is 0.148. The summed E-state index contributed by atoms with van der Waals surface area (Å²) < 4.78 is 39.9. The lowest BCUT2D eigenvalue weighted by atomic mass is 10.2. The van der Waals surface area contributed by atoms with Gasteiger partial charge in [-0.2, -0.15) is 0 Å². The molecule has 0 aliphatic rings. The summed E-state index contributed by atoms with van der Waals surface area (Å²) in [7, 11) is -3.90. The molecular formula is C25H34N2O6S. The molecular weight excluding hydrogens is 456 g/mol. The van der Waals surface area contributed by atoms with E-state index >= 15 is 0 Å². The van der Waals surface area contributed by atoms with Crippen molar-refractivity contribution >= 4 is 16.1 Å². The number of hydrogen-bond donors (Lipinski definition) is 2. The molecule has 8 nitrogen and oxygen atoms in total. The Bertz CT molecular complexity index is 1010. The molecule has 186 valence electrons. The van der Waals surface area contributed by atoms with Crippen molar-refractivity contribution in [3.8, 4) is 0 Å². The first-order valence-corrected chi connectivity index (χ1v) is 12.5. The van der Waals surface area contributed by atoms with Crippen LogP contribution in [0.1, 0.15) is 26.3 Å². The fourth-order valence-electron chi connectivity index (χ4n) is 3.11. The van der Waals surface area contributed by atoms with Crippen molar-refractivity contribution in [2.75, 3.05) is 19.8 Å². The van der Waals surface area contributed by atoms with E-state index in [-0.39, 0.29) is 24.7 Å². The Balaban J connectivity index is 2.26. The van der Waals surface area contributed by atoms with E-state index in [0.29, 0.717) is 0 Å². The van der Waals surface area contributed by atoms with Crippen molar-refractivity contribution in [3.05, 3.63) is 78.9 Å². The molecule has 2 rings (SSSR count). The first-order valence-electron chi connectivity index (χ1n) is 11.0. The molecule has 2 atom stereocenters. The second kappa shape index (κ2) is 12.7. The molecule has 0 aliphatic carbocycles. The van der Waals surface area contributed by atoms with E-state index in [9.17, 15) is 18.3 Å². The summed E-state index contributed by atoms with van der Waals surface area (Å²) in [5.74, 6) is 0. The Kier molecular flexibility index (Phi) is 10.2. The molecule has 0 bridgehead atoms. The molecule has 0 fully saturated rings. The smallest absolute Gasteiger partial charge is 0.410 e. The maximum atomic E-state index is 13.0. The van der Waals surface area contributed by atoms with Gasteiger partial charge in [0.25, 0.3) is 0 Å². The number of carbonyl (C=O) groups excluding carboxylic acids is 1. The number of aliphatic hydroxyl groups is 1. The predicted molar refractivity (Wildman–Crippen MR) is 131 cm³/mol. The van der Waals surface area contributed by atoms with Crippen LogP contribution in [0.4, 0.5) is 4.79 Å². The zero-order chi connectivity index (χ0) is 25.2. The molecule has 0 unspecified atom stereocenters. The molecule has 2 aromatic rings. The summed E-state index contributed by atoms with van der Waals surface area (Å²) in [4.78, 5) is 14.3. The van der Waals surface area contributed by atoms with Crippen molar-refractivity contribution in [2.45, 2.75) is 50.0 Å². The lowest BCUT2D eigenvalue weighted by Gasteiger charge is -2.34. The van der Waals surface area contributed by atoms with E-state index in [1.807, 2.05) is 30.3 Å². The maximum absolute atomic E-state index is 13.0. The molecule has 0 spiro atoms. The van der Waals surface area contributed by atoms with Crippen LogP contribution in [0.25, 0.3) is 0 Å². The zero-order valence-corrected chi connectivity index (χ0v) is 20.7. The second-order valence-electron chi connectivity index (χ2n) is 8.75. The molecule has 1 amide bonds. The summed E-state index contributed by atoms with van der Waals surface area (Å²) in [6, 6.07) is 15.8. The quantitative estimate of drug-likeness (QED) is 0.442. The minimum Gasteiger partial charge on any atom is -0.444 e. The van der Waals surface area contributed by atoms with Gasteiger partial charge in [0.1, 0.15) is 5.60 Å². The van der Waals surface area contributed by atoms with Crippen LogP contribution in [0.2, 0.25) is 0 Å². The molecule has 0 radical (unpaired) electrons. The van der Waals surface area contributed by atoms with E-state index in [2.05, 4.69) is 11.3 Å². The second-order valence-corrected chi connectivity index (χ2v) is 10.5. The first-order chi connectivity index (χ1) is 16.1. The number of benzene rings is 2. The SMILES string of the molecule is C=C[C@H](CO)N(C[C@H](COCc1ccccc1)NS(=O)(=O)c1ccccc1)C(=O)OC(C)(C)C. The van der Waals surface area contributed by atoms with E-state index in [4.69, 9.17) is 9.47 Å². The molecule has 0 aliphatic heterocycles. The van der Waals surface area contributed by atoms with Crippen molar-refractivity contribution in [1.29, 1.82) is 0 Å². The van der Waals surface area contributed by atoms with Crippen molar-refractivity contribution in [2.24, 2.45) is 0 Å². The Morgan fingerprint density at radius 2 is 1.71 bits per heavy atom. The van der Waals surface area contributed by atoms with Gasteiger partial charge in [0, 0.05) is 6.54 Å². The van der Waals surface area contributed by atoms with Crippen LogP contribution in [-0.4, -0.2) is 62.0 Å². The van der Waals surface area contributed by atoms with Crippen LogP contribution >= 0.6 is 0 Å². The molecule has 2 N–H and O–H groups in total. The van der Waals surface area contributed by atoms with Crippen LogP contribution in [0.5, 0.6) is 0 Å². The Morgan fingerprint density at radius 3 is 2.24 bits per heavy atom. The minimum absolute atomic E-state index is 0.0183. The zero-order valence-electron chi connectivity index (χ0n) is 19.9. The molecule has 0 saturated heterocycles. The van der Waals surface area contributed by atoms with Crippen molar-refractivity contribution in [3.63, 3.8) is 0 Å². The average Bonchev–Trinajstić information content (AvgIpc) is 2.79. The largest absolute Gasteiger partial charge is 0.444 e. The minimum atomic E-state index is -3.90. The number of amides is 1. The van der Waals surface area contributed by atoms with Gasteiger partial charge in [-0.05, 0) is 38.5 Å². The molecule has 2 aromatic carbocycles. The third-order valence-corrected chi connectivity index (χ3v) is 6.25. The monoisotopic (exact) mass is 490 g/mol. The van der Waals surface area contributed by atoms with Crippen LogP contribution in [-0.2, 0) is 26.1 Å². The fraction of sp³-hybridized carbons (Fsp3) is 0.400. The first kappa shape index (κ1) is 27.5. The lowest BCUT2D eigenvalue weighted by molar-refractivity contribution is 0.00899. The summed E-state index contributed by atoms with van der Waals surface area (Å²) >= 11 is 0. The topological polar surface area (TPSA) is 105 Å². The highest BCUT2D eigenvalue weighted by molar-refractivity contribution is 7.89. The molecule has 34 heavy (non-hydrogen) atoms. The lowest BCUT2D eigenvalue weighted by Crippen LogP contribution is -2.52. The summed E-state index contributed by atoms with van der Waals surface area (Å²) in [6.45, 7) is 8.61. The average molecular weight is 491 g/mol. The van der Waals surface area contributed by atoms with Crippen LogP contribution in [0.3, 0.4) is 0 Å². The van der Waals surface area contributed by atoms with Crippen LogP contribution in [0, 0.1) is 0 Å². The summed E-state index contributed by atoms with van der Waals surface area (Å²) in [5, 5.41) is 9.80. The number of nitrogens with one attached hydrogen (secondary N) is 1. The van der Waals surface area contributed by atoms with E-state index in [0.717, 1.165) is 5.56 Å². The van der Waals surface area contributed by atoms with Gasteiger partial charge in [0.05, 0.1) is 36.8 Å². The highest BCUT2D eigenvalue weighted by atomic mass is 32.2. The maximum Gasteiger partial charge on any atom is 0.410 e. The van der Waals surface area contributed by atoms with Crippen molar-refractivity contribution < 1.29 is 27.8 Å². The molecule has 0 heterocycles. The number of carbonyl (C=O) groups is 1. The molecule has 9 heteroatoms. The van der Waals surface area contributed by atoms with Gasteiger partial charge in [0.15, 0.2) is 0 Å². The molecule has 0 saturated carbocycles. The highest BCUT2D eigenvalue weighted by Crippen LogP contribution is 2.15. The number of rotatable bonds is 12. The predicted octanol–water partition coefficient (Wildman–Crippen LogP) is 3.33. The summed E-state index contributed by atoms with van der Waals surface area (Å²) in [6.07, 6.45) is 0.718.